The van der Waals surface area contributed by atoms with Crippen LogP contribution < -0.4 is 0 Å². The second-order valence-corrected chi connectivity index (χ2v) is 6.18. The Labute approximate surface area is 128 Å². The molecule has 0 amide bonds. The maximum atomic E-state index is 13.9. The van der Waals surface area contributed by atoms with Crippen molar-refractivity contribution in [2.75, 3.05) is 0 Å². The molecule has 0 radical (unpaired) electrons. The predicted octanol–water partition coefficient (Wildman–Crippen LogP) is 3.33. The van der Waals surface area contributed by atoms with Gasteiger partial charge in [-0.3, -0.25) is 4.90 Å². The van der Waals surface area contributed by atoms with Crippen LogP contribution in [0.25, 0.3) is 0 Å². The number of hydrogen-bond acceptors (Lipinski definition) is 3. The quantitative estimate of drug-likeness (QED) is 0.852. The average Bonchev–Trinajstić information content (AvgIpc) is 2.75. The first-order valence-corrected chi connectivity index (χ1v) is 7.64. The summed E-state index contributed by atoms with van der Waals surface area (Å²) < 4.78 is 27.0. The number of rotatable bonds is 2. The van der Waals surface area contributed by atoms with Gasteiger partial charge in [0, 0.05) is 48.4 Å². The maximum Gasteiger partial charge on any atom is 0.130 e. The lowest BCUT2D eigenvalue weighted by molar-refractivity contribution is 0.164. The lowest BCUT2D eigenvalue weighted by Gasteiger charge is -2.35. The minimum Gasteiger partial charge on any atom is -0.289 e. The van der Waals surface area contributed by atoms with Crippen molar-refractivity contribution in [3.05, 3.63) is 58.7 Å². The van der Waals surface area contributed by atoms with E-state index in [0.29, 0.717) is 18.2 Å². The number of nitrogens with zero attached hydrogens (tertiary/aromatic N) is 3. The zero-order valence-corrected chi connectivity index (χ0v) is 12.4. The van der Waals surface area contributed by atoms with Crippen LogP contribution in [0.1, 0.15) is 41.5 Å². The summed E-state index contributed by atoms with van der Waals surface area (Å²) in [5.74, 6) is -0.196. The molecule has 2 aliphatic heterocycles. The highest BCUT2D eigenvalue weighted by Crippen LogP contribution is 2.43. The molecule has 0 N–H and O–H groups in total. The Morgan fingerprint density at radius 3 is 2.95 bits per heavy atom. The summed E-state index contributed by atoms with van der Waals surface area (Å²) in [6, 6.07) is 4.47. The molecular formula is C17H17F2N3. The van der Waals surface area contributed by atoms with Crippen LogP contribution in [0.3, 0.4) is 0 Å². The molecule has 0 saturated carbocycles. The SMILES string of the molecule is Cc1ncc2c(n1)C[C@H]1CC[C@@H]2N1Cc1ccc(F)cc1F. The first-order chi connectivity index (χ1) is 10.6. The van der Waals surface area contributed by atoms with E-state index in [1.165, 1.54) is 11.6 Å². The third kappa shape index (κ3) is 2.20. The van der Waals surface area contributed by atoms with Crippen LogP contribution in [-0.4, -0.2) is 20.9 Å². The second-order valence-electron chi connectivity index (χ2n) is 6.18. The second kappa shape index (κ2) is 5.09. The Kier molecular flexibility index (Phi) is 3.18. The summed E-state index contributed by atoms with van der Waals surface area (Å²) in [7, 11) is 0. The average molecular weight is 301 g/mol. The molecule has 114 valence electrons. The standard InChI is InChI=1S/C17H17F2N3/c1-10-20-8-14-16(21-10)7-13-4-5-17(14)22(13)9-11-2-3-12(18)6-15(11)19/h2-3,6,8,13,17H,4-5,7,9H2,1H3/t13-,17+/m1/s1. The van der Waals surface area contributed by atoms with Crippen LogP contribution in [0.4, 0.5) is 8.78 Å². The number of aromatic nitrogens is 2. The molecule has 1 aromatic carbocycles. The molecule has 3 nitrogen and oxygen atoms in total. The predicted molar refractivity (Wildman–Crippen MR) is 78.1 cm³/mol. The van der Waals surface area contributed by atoms with Crippen molar-refractivity contribution in [2.24, 2.45) is 0 Å². The van der Waals surface area contributed by atoms with Crippen molar-refractivity contribution in [3.63, 3.8) is 0 Å². The Balaban J connectivity index is 1.65. The van der Waals surface area contributed by atoms with Crippen molar-refractivity contribution in [1.82, 2.24) is 14.9 Å². The van der Waals surface area contributed by atoms with Gasteiger partial charge >= 0.3 is 0 Å². The number of fused-ring (bicyclic) bond motifs is 4. The fourth-order valence-corrected chi connectivity index (χ4v) is 3.77. The third-order valence-electron chi connectivity index (χ3n) is 4.82. The molecule has 3 heterocycles. The highest BCUT2D eigenvalue weighted by atomic mass is 19.1. The van der Waals surface area contributed by atoms with E-state index in [1.54, 1.807) is 6.07 Å². The van der Waals surface area contributed by atoms with Gasteiger partial charge in [0.05, 0.1) is 5.69 Å². The summed E-state index contributed by atoms with van der Waals surface area (Å²) in [5.41, 5.74) is 2.85. The van der Waals surface area contributed by atoms with Crippen LogP contribution in [-0.2, 0) is 13.0 Å². The van der Waals surface area contributed by atoms with E-state index in [9.17, 15) is 8.78 Å². The number of aryl methyl sites for hydroxylation is 1. The Hall–Kier alpha value is -1.88. The molecule has 1 saturated heterocycles. The maximum absolute atomic E-state index is 13.9. The molecule has 2 atom stereocenters. The Morgan fingerprint density at radius 2 is 2.14 bits per heavy atom. The normalized spacial score (nSPS) is 23.6. The highest BCUT2D eigenvalue weighted by molar-refractivity contribution is 5.29. The van der Waals surface area contributed by atoms with Crippen molar-refractivity contribution in [2.45, 2.75) is 44.8 Å². The van der Waals surface area contributed by atoms with Crippen molar-refractivity contribution < 1.29 is 8.78 Å². The Morgan fingerprint density at radius 1 is 1.27 bits per heavy atom. The zero-order chi connectivity index (χ0) is 15.3. The summed E-state index contributed by atoms with van der Waals surface area (Å²) >= 11 is 0. The fourth-order valence-electron chi connectivity index (χ4n) is 3.77. The van der Waals surface area contributed by atoms with Gasteiger partial charge in [-0.25, -0.2) is 18.7 Å². The first-order valence-electron chi connectivity index (χ1n) is 7.64. The van der Waals surface area contributed by atoms with E-state index < -0.39 is 11.6 Å². The van der Waals surface area contributed by atoms with Gasteiger partial charge in [-0.15, -0.1) is 0 Å². The lowest BCUT2D eigenvalue weighted by Crippen LogP contribution is -2.37. The van der Waals surface area contributed by atoms with Gasteiger partial charge in [-0.1, -0.05) is 6.07 Å². The molecule has 0 aliphatic carbocycles. The van der Waals surface area contributed by atoms with Gasteiger partial charge in [-0.2, -0.15) is 0 Å². The van der Waals surface area contributed by atoms with E-state index in [0.717, 1.165) is 36.8 Å². The third-order valence-corrected chi connectivity index (χ3v) is 4.82. The molecule has 22 heavy (non-hydrogen) atoms. The van der Waals surface area contributed by atoms with Gasteiger partial charge in [0.15, 0.2) is 0 Å². The van der Waals surface area contributed by atoms with Crippen LogP contribution >= 0.6 is 0 Å². The van der Waals surface area contributed by atoms with E-state index in [1.807, 2.05) is 13.1 Å². The molecule has 2 aliphatic rings. The lowest BCUT2D eigenvalue weighted by atomic mass is 9.98. The smallest absolute Gasteiger partial charge is 0.130 e. The van der Waals surface area contributed by atoms with Crippen LogP contribution in [0.2, 0.25) is 0 Å². The number of hydrogen-bond donors (Lipinski definition) is 0. The van der Waals surface area contributed by atoms with E-state index in [4.69, 9.17) is 0 Å². The summed E-state index contributed by atoms with van der Waals surface area (Å²) in [6.07, 6.45) is 4.94. The topological polar surface area (TPSA) is 29.0 Å². The molecule has 5 heteroatoms. The number of halogens is 2. The van der Waals surface area contributed by atoms with Crippen LogP contribution in [0.15, 0.2) is 24.4 Å². The van der Waals surface area contributed by atoms with Gasteiger partial charge in [0.25, 0.3) is 0 Å². The minimum atomic E-state index is -0.530. The van der Waals surface area contributed by atoms with E-state index >= 15 is 0 Å². The van der Waals surface area contributed by atoms with Gasteiger partial charge < -0.3 is 0 Å². The van der Waals surface area contributed by atoms with Crippen LogP contribution in [0.5, 0.6) is 0 Å². The molecular weight excluding hydrogens is 284 g/mol. The molecule has 2 bridgehead atoms. The van der Waals surface area contributed by atoms with Crippen molar-refractivity contribution >= 4 is 0 Å². The van der Waals surface area contributed by atoms with Gasteiger partial charge in [-0.05, 0) is 25.8 Å². The molecule has 4 rings (SSSR count). The summed E-state index contributed by atoms with van der Waals surface area (Å²) in [4.78, 5) is 11.2. The Bertz CT molecular complexity index is 732. The monoisotopic (exact) mass is 301 g/mol. The number of benzene rings is 1. The summed E-state index contributed by atoms with van der Waals surface area (Å²) in [6.45, 7) is 2.41. The molecule has 0 unspecified atom stereocenters. The van der Waals surface area contributed by atoms with Crippen LogP contribution in [0, 0.1) is 18.6 Å². The zero-order valence-electron chi connectivity index (χ0n) is 12.4. The minimum absolute atomic E-state index is 0.249. The fraction of sp³-hybridized carbons (Fsp3) is 0.412. The van der Waals surface area contributed by atoms with E-state index in [-0.39, 0.29) is 6.04 Å². The van der Waals surface area contributed by atoms with E-state index in [2.05, 4.69) is 14.9 Å². The molecule has 2 aromatic rings. The van der Waals surface area contributed by atoms with Crippen molar-refractivity contribution in [1.29, 1.82) is 0 Å². The molecule has 1 fully saturated rings. The van der Waals surface area contributed by atoms with Gasteiger partial charge in [0.2, 0.25) is 0 Å². The first kappa shape index (κ1) is 13.8. The molecule has 1 aromatic heterocycles. The van der Waals surface area contributed by atoms with Crippen molar-refractivity contribution in [3.8, 4) is 0 Å². The highest BCUT2D eigenvalue weighted by Gasteiger charge is 2.40. The largest absolute Gasteiger partial charge is 0.289 e. The van der Waals surface area contributed by atoms with Gasteiger partial charge in [0.1, 0.15) is 17.5 Å². The summed E-state index contributed by atoms with van der Waals surface area (Å²) in [5, 5.41) is 0. The molecule has 0 spiro atoms.